The van der Waals surface area contributed by atoms with E-state index in [1.54, 1.807) is 0 Å². The summed E-state index contributed by atoms with van der Waals surface area (Å²) in [5.74, 6) is -4.49. The van der Waals surface area contributed by atoms with Gasteiger partial charge in [-0.1, -0.05) is 20.8 Å². The lowest BCUT2D eigenvalue weighted by Crippen LogP contribution is -2.22. The second kappa shape index (κ2) is 5.97. The van der Waals surface area contributed by atoms with Gasteiger partial charge < -0.3 is 5.11 Å². The minimum atomic E-state index is -3.86. The van der Waals surface area contributed by atoms with Crippen molar-refractivity contribution in [1.29, 1.82) is 0 Å². The average Bonchev–Trinajstić information content (AvgIpc) is 2.29. The number of halogens is 2. The van der Waals surface area contributed by atoms with Crippen LogP contribution in [-0.4, -0.2) is 25.2 Å². The van der Waals surface area contributed by atoms with Gasteiger partial charge in [0.05, 0.1) is 17.0 Å². The van der Waals surface area contributed by atoms with Crippen molar-refractivity contribution in [3.63, 3.8) is 0 Å². The van der Waals surface area contributed by atoms with Crippen molar-refractivity contribution in [1.82, 2.24) is 0 Å². The Kier molecular flexibility index (Phi) is 4.93. The SMILES string of the molecule is CC(C)(C)CCS(=O)(=O)Nc1cc(F)c(F)cc1C(=O)O. The van der Waals surface area contributed by atoms with Gasteiger partial charge in [0.25, 0.3) is 0 Å². The Morgan fingerprint density at radius 3 is 2.24 bits per heavy atom. The van der Waals surface area contributed by atoms with Crippen molar-refractivity contribution in [2.24, 2.45) is 5.41 Å². The summed E-state index contributed by atoms with van der Waals surface area (Å²) in [6.07, 6.45) is 0.328. The molecular weight excluding hydrogens is 304 g/mol. The normalized spacial score (nSPS) is 12.2. The molecule has 1 rings (SSSR count). The monoisotopic (exact) mass is 321 g/mol. The second-order valence-electron chi connectivity index (χ2n) is 5.85. The predicted molar refractivity (Wildman–Crippen MR) is 74.8 cm³/mol. The number of benzene rings is 1. The third kappa shape index (κ3) is 5.30. The van der Waals surface area contributed by atoms with Crippen molar-refractivity contribution in [2.75, 3.05) is 10.5 Å². The average molecular weight is 321 g/mol. The van der Waals surface area contributed by atoms with E-state index in [-0.39, 0.29) is 11.2 Å². The van der Waals surface area contributed by atoms with E-state index in [1.165, 1.54) is 0 Å². The van der Waals surface area contributed by atoms with Crippen LogP contribution in [0.3, 0.4) is 0 Å². The first-order valence-electron chi connectivity index (χ1n) is 6.14. The van der Waals surface area contributed by atoms with Crippen LogP contribution in [0.1, 0.15) is 37.6 Å². The van der Waals surface area contributed by atoms with Gasteiger partial charge in [0.2, 0.25) is 10.0 Å². The lowest BCUT2D eigenvalue weighted by molar-refractivity contribution is 0.0697. The van der Waals surface area contributed by atoms with Gasteiger partial charge in [0.1, 0.15) is 0 Å². The highest BCUT2D eigenvalue weighted by molar-refractivity contribution is 7.92. The first-order chi connectivity index (χ1) is 9.41. The first-order valence-corrected chi connectivity index (χ1v) is 7.79. The van der Waals surface area contributed by atoms with Crippen LogP contribution in [0.2, 0.25) is 0 Å². The Hall–Kier alpha value is -1.70. The molecule has 0 aliphatic rings. The number of carbonyl (C=O) groups is 1. The number of anilines is 1. The molecule has 21 heavy (non-hydrogen) atoms. The third-order valence-electron chi connectivity index (χ3n) is 2.68. The van der Waals surface area contributed by atoms with Gasteiger partial charge in [-0.3, -0.25) is 4.72 Å². The van der Waals surface area contributed by atoms with E-state index in [0.29, 0.717) is 18.6 Å². The smallest absolute Gasteiger partial charge is 0.337 e. The van der Waals surface area contributed by atoms with Crippen LogP contribution in [0.4, 0.5) is 14.5 Å². The van der Waals surface area contributed by atoms with E-state index in [4.69, 9.17) is 5.11 Å². The van der Waals surface area contributed by atoms with E-state index in [1.807, 2.05) is 25.5 Å². The number of sulfonamides is 1. The minimum Gasteiger partial charge on any atom is -0.478 e. The summed E-state index contributed by atoms with van der Waals surface area (Å²) in [5.41, 5.74) is -1.37. The zero-order valence-electron chi connectivity index (χ0n) is 11.9. The van der Waals surface area contributed by atoms with Crippen molar-refractivity contribution < 1.29 is 27.1 Å². The number of hydrogen-bond donors (Lipinski definition) is 2. The standard InChI is InChI=1S/C13H17F2NO4S/c1-13(2,3)4-5-21(19,20)16-11-7-10(15)9(14)6-8(11)12(17)18/h6-7,16H,4-5H2,1-3H3,(H,17,18). The van der Waals surface area contributed by atoms with E-state index >= 15 is 0 Å². The Labute approximate surface area is 122 Å². The number of nitrogens with one attached hydrogen (secondary N) is 1. The molecular formula is C13H17F2NO4S. The molecule has 0 radical (unpaired) electrons. The number of hydrogen-bond acceptors (Lipinski definition) is 3. The maximum absolute atomic E-state index is 13.2. The molecule has 0 spiro atoms. The molecule has 0 saturated carbocycles. The van der Waals surface area contributed by atoms with Gasteiger partial charge in [-0.05, 0) is 17.9 Å². The van der Waals surface area contributed by atoms with Crippen LogP contribution in [0.25, 0.3) is 0 Å². The molecule has 1 aromatic rings. The van der Waals surface area contributed by atoms with E-state index in [0.717, 1.165) is 0 Å². The third-order valence-corrected chi connectivity index (χ3v) is 3.95. The Balaban J connectivity index is 3.07. The van der Waals surface area contributed by atoms with Gasteiger partial charge in [-0.15, -0.1) is 0 Å². The summed E-state index contributed by atoms with van der Waals surface area (Å²) in [6, 6.07) is 0.965. The molecule has 0 fully saturated rings. The molecule has 0 atom stereocenters. The van der Waals surface area contributed by atoms with E-state index < -0.39 is 38.9 Å². The second-order valence-corrected chi connectivity index (χ2v) is 7.69. The maximum Gasteiger partial charge on any atom is 0.337 e. The van der Waals surface area contributed by atoms with Crippen molar-refractivity contribution in [2.45, 2.75) is 27.2 Å². The van der Waals surface area contributed by atoms with Crippen LogP contribution in [0.5, 0.6) is 0 Å². The number of rotatable bonds is 5. The fourth-order valence-electron chi connectivity index (χ4n) is 1.47. The lowest BCUT2D eigenvalue weighted by atomic mass is 9.94. The highest BCUT2D eigenvalue weighted by Gasteiger charge is 2.21. The van der Waals surface area contributed by atoms with Crippen molar-refractivity contribution in [3.05, 3.63) is 29.3 Å². The van der Waals surface area contributed by atoms with Gasteiger partial charge in [0.15, 0.2) is 11.6 Å². The van der Waals surface area contributed by atoms with Crippen LogP contribution >= 0.6 is 0 Å². The molecule has 0 aliphatic heterocycles. The predicted octanol–water partition coefficient (Wildman–Crippen LogP) is 2.84. The molecule has 5 nitrogen and oxygen atoms in total. The Morgan fingerprint density at radius 1 is 1.24 bits per heavy atom. The molecule has 0 saturated heterocycles. The Morgan fingerprint density at radius 2 is 1.76 bits per heavy atom. The molecule has 118 valence electrons. The van der Waals surface area contributed by atoms with Crippen LogP contribution in [-0.2, 0) is 10.0 Å². The zero-order valence-corrected chi connectivity index (χ0v) is 12.7. The fraction of sp³-hybridized carbons (Fsp3) is 0.462. The molecule has 0 heterocycles. The maximum atomic E-state index is 13.2. The molecule has 0 aliphatic carbocycles. The molecule has 0 aromatic heterocycles. The highest BCUT2D eigenvalue weighted by Crippen LogP contribution is 2.23. The number of carboxylic acid groups (broad SMARTS) is 1. The van der Waals surface area contributed by atoms with Crippen molar-refractivity contribution >= 4 is 21.7 Å². The van der Waals surface area contributed by atoms with Crippen LogP contribution in [0.15, 0.2) is 12.1 Å². The molecule has 8 heteroatoms. The van der Waals surface area contributed by atoms with E-state index in [9.17, 15) is 22.0 Å². The zero-order chi connectivity index (χ0) is 16.4. The largest absolute Gasteiger partial charge is 0.478 e. The first kappa shape index (κ1) is 17.4. The van der Waals surface area contributed by atoms with Crippen molar-refractivity contribution in [3.8, 4) is 0 Å². The molecule has 0 amide bonds. The highest BCUT2D eigenvalue weighted by atomic mass is 32.2. The summed E-state index contributed by atoms with van der Waals surface area (Å²) >= 11 is 0. The van der Waals surface area contributed by atoms with E-state index in [2.05, 4.69) is 0 Å². The van der Waals surface area contributed by atoms with Crippen LogP contribution in [0, 0.1) is 17.0 Å². The minimum absolute atomic E-state index is 0.238. The summed E-state index contributed by atoms with van der Waals surface area (Å²) in [7, 11) is -3.86. The summed E-state index contributed by atoms with van der Waals surface area (Å²) in [4.78, 5) is 11.0. The fourth-order valence-corrected chi connectivity index (χ4v) is 2.95. The summed E-state index contributed by atoms with van der Waals surface area (Å²) < 4.78 is 52.0. The molecule has 0 bridgehead atoms. The van der Waals surface area contributed by atoms with Gasteiger partial charge in [0, 0.05) is 6.07 Å². The quantitative estimate of drug-likeness (QED) is 0.873. The Bertz CT molecular complexity index is 651. The summed E-state index contributed by atoms with van der Waals surface area (Å²) in [5, 5.41) is 8.91. The number of carboxylic acids is 1. The van der Waals surface area contributed by atoms with Gasteiger partial charge in [-0.2, -0.15) is 0 Å². The van der Waals surface area contributed by atoms with Gasteiger partial charge >= 0.3 is 5.97 Å². The number of aromatic carboxylic acids is 1. The lowest BCUT2D eigenvalue weighted by Gasteiger charge is -2.18. The summed E-state index contributed by atoms with van der Waals surface area (Å²) in [6.45, 7) is 5.55. The topological polar surface area (TPSA) is 83.5 Å². The van der Waals surface area contributed by atoms with Gasteiger partial charge in [-0.25, -0.2) is 22.0 Å². The molecule has 2 N–H and O–H groups in total. The molecule has 1 aromatic carbocycles. The molecule has 0 unspecified atom stereocenters. The van der Waals surface area contributed by atoms with Crippen LogP contribution < -0.4 is 4.72 Å².